The molecule has 8 heteroatoms. The molecule has 2 aromatic rings. The molecule has 0 saturated carbocycles. The highest BCUT2D eigenvalue weighted by Crippen LogP contribution is 2.12. The van der Waals surface area contributed by atoms with Gasteiger partial charge in [0.15, 0.2) is 0 Å². The third-order valence-electron chi connectivity index (χ3n) is 2.76. The van der Waals surface area contributed by atoms with Crippen molar-refractivity contribution >= 4 is 18.3 Å². The number of hydrogen-bond acceptors (Lipinski definition) is 5. The van der Waals surface area contributed by atoms with E-state index in [9.17, 15) is 4.79 Å². The molecule has 0 aliphatic heterocycles. The fraction of sp³-hybridized carbons (Fsp3) is 0.385. The molecule has 1 aromatic heterocycles. The summed E-state index contributed by atoms with van der Waals surface area (Å²) in [6.45, 7) is 4.40. The summed E-state index contributed by atoms with van der Waals surface area (Å²) in [5.41, 5.74) is 1.21. The molecule has 1 amide bonds. The van der Waals surface area contributed by atoms with E-state index in [1.165, 1.54) is 11.0 Å². The average molecular weight is 311 g/mol. The smallest absolute Gasteiger partial charge is 0.253 e. The maximum atomic E-state index is 12.2. The second kappa shape index (κ2) is 9.04. The number of nitrogens with zero attached hydrogens (tertiary/aromatic N) is 4. The van der Waals surface area contributed by atoms with Gasteiger partial charge < -0.3 is 10.6 Å². The molecule has 7 nitrogen and oxygen atoms in total. The second-order valence-corrected chi connectivity index (χ2v) is 4.28. The number of amides is 1. The van der Waals surface area contributed by atoms with Gasteiger partial charge in [-0.05, 0) is 35.5 Å². The largest absolute Gasteiger partial charge is 0.351 e. The van der Waals surface area contributed by atoms with Gasteiger partial charge in [-0.1, -0.05) is 19.1 Å². The summed E-state index contributed by atoms with van der Waals surface area (Å²) in [6.07, 6.45) is 2.55. The number of halogens is 1. The van der Waals surface area contributed by atoms with Crippen LogP contribution in [0.5, 0.6) is 0 Å². The zero-order valence-corrected chi connectivity index (χ0v) is 12.6. The Morgan fingerprint density at radius 2 is 2.05 bits per heavy atom. The van der Waals surface area contributed by atoms with E-state index in [4.69, 9.17) is 0 Å². The van der Waals surface area contributed by atoms with Crippen LogP contribution in [-0.2, 0) is 0 Å². The van der Waals surface area contributed by atoms with Crippen LogP contribution in [0, 0.1) is 0 Å². The Morgan fingerprint density at radius 3 is 2.76 bits per heavy atom. The predicted molar refractivity (Wildman–Crippen MR) is 81.9 cm³/mol. The standard InChI is InChI=1S/C13H18N6O.ClH/c1-2-7-14-8-9-15-13(20)11-5-3-4-6-12(11)19-10-16-17-18-19;/h3-6,10,14H,2,7-9H2,1H3,(H,15,20);1H. The molecule has 0 fully saturated rings. The lowest BCUT2D eigenvalue weighted by molar-refractivity contribution is 0.0954. The summed E-state index contributed by atoms with van der Waals surface area (Å²) in [4.78, 5) is 12.2. The van der Waals surface area contributed by atoms with Crippen molar-refractivity contribution < 1.29 is 4.79 Å². The number of carbonyl (C=O) groups excluding carboxylic acids is 1. The van der Waals surface area contributed by atoms with Crippen molar-refractivity contribution in [1.29, 1.82) is 0 Å². The van der Waals surface area contributed by atoms with Crippen LogP contribution >= 0.6 is 12.4 Å². The highest BCUT2D eigenvalue weighted by molar-refractivity contribution is 5.97. The summed E-state index contributed by atoms with van der Waals surface area (Å²) >= 11 is 0. The fourth-order valence-corrected chi connectivity index (χ4v) is 1.80. The van der Waals surface area contributed by atoms with E-state index >= 15 is 0 Å². The van der Waals surface area contributed by atoms with Gasteiger partial charge in [0.05, 0.1) is 11.3 Å². The zero-order chi connectivity index (χ0) is 14.2. The third kappa shape index (κ3) is 4.80. The summed E-state index contributed by atoms with van der Waals surface area (Å²) in [5, 5.41) is 17.1. The lowest BCUT2D eigenvalue weighted by atomic mass is 10.1. The van der Waals surface area contributed by atoms with Gasteiger partial charge in [-0.2, -0.15) is 4.68 Å². The number of benzene rings is 1. The Kier molecular flexibility index (Phi) is 7.34. The minimum Gasteiger partial charge on any atom is -0.351 e. The van der Waals surface area contributed by atoms with E-state index in [1.54, 1.807) is 12.1 Å². The monoisotopic (exact) mass is 310 g/mol. The number of hydrogen-bond donors (Lipinski definition) is 2. The predicted octanol–water partition coefficient (Wildman–Crippen LogP) is 0.813. The molecule has 0 unspecified atom stereocenters. The molecule has 0 spiro atoms. The highest BCUT2D eigenvalue weighted by atomic mass is 35.5. The van der Waals surface area contributed by atoms with Gasteiger partial charge in [-0.25, -0.2) is 0 Å². The van der Waals surface area contributed by atoms with Crippen molar-refractivity contribution in [3.8, 4) is 5.69 Å². The van der Waals surface area contributed by atoms with E-state index in [0.29, 0.717) is 17.8 Å². The van der Waals surface area contributed by atoms with Crippen LogP contribution in [0.1, 0.15) is 23.7 Å². The summed E-state index contributed by atoms with van der Waals surface area (Å²) in [5.74, 6) is -0.130. The Balaban J connectivity index is 0.00000220. The van der Waals surface area contributed by atoms with Crippen LogP contribution in [0.3, 0.4) is 0 Å². The average Bonchev–Trinajstić information content (AvgIpc) is 3.01. The summed E-state index contributed by atoms with van der Waals surface area (Å²) in [6, 6.07) is 7.22. The van der Waals surface area contributed by atoms with Crippen molar-refractivity contribution in [3.63, 3.8) is 0 Å². The maximum absolute atomic E-state index is 12.2. The Labute approximate surface area is 129 Å². The Bertz CT molecular complexity index is 545. The van der Waals surface area contributed by atoms with Gasteiger partial charge in [0.25, 0.3) is 5.91 Å². The molecule has 2 N–H and O–H groups in total. The van der Waals surface area contributed by atoms with Crippen LogP contribution in [0.4, 0.5) is 0 Å². The molecule has 0 saturated heterocycles. The van der Waals surface area contributed by atoms with Crippen LogP contribution in [-0.4, -0.2) is 45.7 Å². The van der Waals surface area contributed by atoms with E-state index in [-0.39, 0.29) is 18.3 Å². The summed E-state index contributed by atoms with van der Waals surface area (Å²) < 4.78 is 1.48. The lowest BCUT2D eigenvalue weighted by Gasteiger charge is -2.09. The maximum Gasteiger partial charge on any atom is 0.253 e. The van der Waals surface area contributed by atoms with Gasteiger partial charge in [-0.3, -0.25) is 4.79 Å². The highest BCUT2D eigenvalue weighted by Gasteiger charge is 2.12. The third-order valence-corrected chi connectivity index (χ3v) is 2.76. The summed E-state index contributed by atoms with van der Waals surface area (Å²) in [7, 11) is 0. The van der Waals surface area contributed by atoms with E-state index < -0.39 is 0 Å². The number of rotatable bonds is 7. The zero-order valence-electron chi connectivity index (χ0n) is 11.8. The van der Waals surface area contributed by atoms with Gasteiger partial charge in [0.1, 0.15) is 6.33 Å². The number of carbonyl (C=O) groups is 1. The van der Waals surface area contributed by atoms with Crippen molar-refractivity contribution in [2.45, 2.75) is 13.3 Å². The van der Waals surface area contributed by atoms with Gasteiger partial charge in [-0.15, -0.1) is 17.5 Å². The van der Waals surface area contributed by atoms with Gasteiger partial charge in [0.2, 0.25) is 0 Å². The Hall–Kier alpha value is -1.99. The van der Waals surface area contributed by atoms with Crippen molar-refractivity contribution in [3.05, 3.63) is 36.2 Å². The Morgan fingerprint density at radius 1 is 1.24 bits per heavy atom. The van der Waals surface area contributed by atoms with Crippen LogP contribution in [0.2, 0.25) is 0 Å². The quantitative estimate of drug-likeness (QED) is 0.739. The number of aromatic nitrogens is 4. The minimum atomic E-state index is -0.130. The molecule has 114 valence electrons. The number of tetrazole rings is 1. The first-order chi connectivity index (χ1) is 9.83. The first-order valence-electron chi connectivity index (χ1n) is 6.64. The molecular weight excluding hydrogens is 292 g/mol. The molecule has 0 bridgehead atoms. The molecule has 0 aliphatic carbocycles. The minimum absolute atomic E-state index is 0. The lowest BCUT2D eigenvalue weighted by Crippen LogP contribution is -2.32. The van der Waals surface area contributed by atoms with Gasteiger partial charge >= 0.3 is 0 Å². The molecular formula is C13H19ClN6O. The van der Waals surface area contributed by atoms with Gasteiger partial charge in [0, 0.05) is 13.1 Å². The molecule has 0 aliphatic rings. The van der Waals surface area contributed by atoms with E-state index in [0.717, 1.165) is 19.5 Å². The molecule has 21 heavy (non-hydrogen) atoms. The molecule has 0 radical (unpaired) electrons. The first-order valence-corrected chi connectivity index (χ1v) is 6.64. The van der Waals surface area contributed by atoms with Crippen LogP contribution in [0.15, 0.2) is 30.6 Å². The second-order valence-electron chi connectivity index (χ2n) is 4.28. The topological polar surface area (TPSA) is 84.7 Å². The van der Waals surface area contributed by atoms with Crippen LogP contribution in [0.25, 0.3) is 5.69 Å². The molecule has 1 heterocycles. The van der Waals surface area contributed by atoms with Crippen molar-refractivity contribution in [2.24, 2.45) is 0 Å². The molecule has 1 aromatic carbocycles. The van der Waals surface area contributed by atoms with E-state index in [1.807, 2.05) is 12.1 Å². The van der Waals surface area contributed by atoms with Crippen molar-refractivity contribution in [1.82, 2.24) is 30.8 Å². The van der Waals surface area contributed by atoms with E-state index in [2.05, 4.69) is 33.1 Å². The van der Waals surface area contributed by atoms with Crippen molar-refractivity contribution in [2.75, 3.05) is 19.6 Å². The van der Waals surface area contributed by atoms with Crippen LogP contribution < -0.4 is 10.6 Å². The molecule has 0 atom stereocenters. The first kappa shape index (κ1) is 17.1. The fourth-order valence-electron chi connectivity index (χ4n) is 1.80. The number of nitrogens with one attached hydrogen (secondary N) is 2. The molecule has 2 rings (SSSR count). The normalized spacial score (nSPS) is 9.95. The SMILES string of the molecule is CCCNCCNC(=O)c1ccccc1-n1cnnn1.Cl. The number of para-hydroxylation sites is 1.